The summed E-state index contributed by atoms with van der Waals surface area (Å²) in [7, 11) is 1.67. The summed E-state index contributed by atoms with van der Waals surface area (Å²) in [6.45, 7) is 0. The van der Waals surface area contributed by atoms with E-state index in [0.29, 0.717) is 6.42 Å². The Labute approximate surface area is 172 Å². The van der Waals surface area contributed by atoms with Gasteiger partial charge in [0.15, 0.2) is 5.78 Å². The lowest BCUT2D eigenvalue weighted by molar-refractivity contribution is -0.116. The Bertz CT molecular complexity index is 1150. The molecule has 1 aliphatic heterocycles. The molecular weight excluding hydrogens is 414 g/mol. The fourth-order valence-electron chi connectivity index (χ4n) is 4.51. The number of ketones is 1. The Morgan fingerprint density at radius 2 is 1.93 bits per heavy atom. The molecule has 2 aliphatic rings. The number of rotatable bonds is 2. The Balaban J connectivity index is 1.78. The molecule has 0 saturated carbocycles. The van der Waals surface area contributed by atoms with Gasteiger partial charge in [0.05, 0.1) is 13.2 Å². The van der Waals surface area contributed by atoms with Crippen LogP contribution >= 0.6 is 15.9 Å². The maximum atomic E-state index is 13.1. The number of methoxy groups -OCH3 is 1. The van der Waals surface area contributed by atoms with Gasteiger partial charge in [-0.15, -0.1) is 0 Å². The summed E-state index contributed by atoms with van der Waals surface area (Å²) in [4.78, 5) is 13.1. The fourth-order valence-corrected chi connectivity index (χ4v) is 4.98. The molecule has 0 radical (unpaired) electrons. The molecule has 0 spiro atoms. The second-order valence-electron chi connectivity index (χ2n) is 7.34. The van der Waals surface area contributed by atoms with E-state index in [1.807, 2.05) is 18.2 Å². The second-order valence-corrected chi connectivity index (χ2v) is 8.20. The number of anilines is 1. The SMILES string of the molecule is COc1ccc(Br)c(C2Nc3ccc4ccccc4c3C3=C2C(=O)CCC3)c1. The largest absolute Gasteiger partial charge is 0.497 e. The van der Waals surface area contributed by atoms with E-state index in [9.17, 15) is 4.79 Å². The van der Waals surface area contributed by atoms with Gasteiger partial charge in [0.2, 0.25) is 0 Å². The highest BCUT2D eigenvalue weighted by atomic mass is 79.9. The lowest BCUT2D eigenvalue weighted by Gasteiger charge is -2.35. The average molecular weight is 434 g/mol. The molecule has 3 aromatic rings. The zero-order chi connectivity index (χ0) is 19.3. The number of halogens is 1. The van der Waals surface area contributed by atoms with Gasteiger partial charge in [0, 0.05) is 27.7 Å². The minimum atomic E-state index is -0.180. The van der Waals surface area contributed by atoms with E-state index < -0.39 is 0 Å². The Kier molecular flexibility index (Phi) is 4.24. The summed E-state index contributed by atoms with van der Waals surface area (Å²) in [5.41, 5.74) is 5.41. The molecule has 0 amide bonds. The van der Waals surface area contributed by atoms with Gasteiger partial charge >= 0.3 is 0 Å². The van der Waals surface area contributed by atoms with Crippen molar-refractivity contribution in [1.82, 2.24) is 0 Å². The van der Waals surface area contributed by atoms with Crippen LogP contribution in [0.25, 0.3) is 16.3 Å². The Morgan fingerprint density at radius 1 is 1.07 bits per heavy atom. The highest BCUT2D eigenvalue weighted by molar-refractivity contribution is 9.10. The number of benzene rings is 3. The smallest absolute Gasteiger partial charge is 0.161 e. The van der Waals surface area contributed by atoms with Crippen molar-refractivity contribution < 1.29 is 9.53 Å². The quantitative estimate of drug-likeness (QED) is 0.516. The predicted octanol–water partition coefficient (Wildman–Crippen LogP) is 6.28. The summed E-state index contributed by atoms with van der Waals surface area (Å²) >= 11 is 3.68. The number of hydrogen-bond donors (Lipinski definition) is 1. The molecule has 1 heterocycles. The van der Waals surface area contributed by atoms with Crippen molar-refractivity contribution in [1.29, 1.82) is 0 Å². The van der Waals surface area contributed by atoms with Crippen LogP contribution in [-0.4, -0.2) is 12.9 Å². The first-order valence-electron chi connectivity index (χ1n) is 9.55. The van der Waals surface area contributed by atoms with Crippen LogP contribution in [0.1, 0.15) is 36.4 Å². The molecule has 4 heteroatoms. The molecule has 1 atom stereocenters. The van der Waals surface area contributed by atoms with E-state index >= 15 is 0 Å². The fraction of sp³-hybridized carbons (Fsp3) is 0.208. The van der Waals surface area contributed by atoms with Crippen molar-refractivity contribution >= 4 is 43.7 Å². The molecular formula is C24H20BrNO2. The van der Waals surface area contributed by atoms with Crippen molar-refractivity contribution in [2.24, 2.45) is 0 Å². The zero-order valence-electron chi connectivity index (χ0n) is 15.6. The molecule has 140 valence electrons. The zero-order valence-corrected chi connectivity index (χ0v) is 17.2. The van der Waals surface area contributed by atoms with Gasteiger partial charge in [-0.1, -0.05) is 46.3 Å². The molecule has 1 unspecified atom stereocenters. The standard InChI is InChI=1S/C24H20BrNO2/c1-28-15-10-11-19(25)18(13-15)24-23-17(7-4-8-21(23)27)22-16-6-3-2-5-14(16)9-12-20(22)26-24/h2-3,5-6,9-13,24,26H,4,7-8H2,1H3. The second kappa shape index (κ2) is 6.78. The van der Waals surface area contributed by atoms with Crippen LogP contribution in [-0.2, 0) is 4.79 Å². The molecule has 0 saturated heterocycles. The number of nitrogens with one attached hydrogen (secondary N) is 1. The van der Waals surface area contributed by atoms with E-state index in [1.54, 1.807) is 7.11 Å². The number of carbonyl (C=O) groups excluding carboxylic acids is 1. The van der Waals surface area contributed by atoms with Gasteiger partial charge in [-0.05, 0) is 59.0 Å². The number of ether oxygens (including phenoxy) is 1. The van der Waals surface area contributed by atoms with Crippen LogP contribution in [0, 0.1) is 0 Å². The molecule has 3 nitrogen and oxygen atoms in total. The normalized spacial score (nSPS) is 18.5. The van der Waals surface area contributed by atoms with Crippen molar-refractivity contribution in [3.05, 3.63) is 75.8 Å². The lowest BCUT2D eigenvalue weighted by atomic mass is 9.77. The van der Waals surface area contributed by atoms with Gasteiger partial charge in [0.25, 0.3) is 0 Å². The van der Waals surface area contributed by atoms with Gasteiger partial charge in [-0.25, -0.2) is 0 Å². The summed E-state index contributed by atoms with van der Waals surface area (Å²) in [5.74, 6) is 1.03. The first-order chi connectivity index (χ1) is 13.7. The van der Waals surface area contributed by atoms with Crippen LogP contribution in [0.2, 0.25) is 0 Å². The van der Waals surface area contributed by atoms with E-state index in [4.69, 9.17) is 4.74 Å². The molecule has 0 aromatic heterocycles. The summed E-state index contributed by atoms with van der Waals surface area (Å²) in [6, 6.07) is 18.4. The third-order valence-corrected chi connectivity index (χ3v) is 6.51. The Morgan fingerprint density at radius 3 is 2.79 bits per heavy atom. The van der Waals surface area contributed by atoms with Gasteiger partial charge < -0.3 is 10.1 Å². The van der Waals surface area contributed by atoms with E-state index in [0.717, 1.165) is 39.9 Å². The first kappa shape index (κ1) is 17.5. The van der Waals surface area contributed by atoms with E-state index in [1.165, 1.54) is 21.9 Å². The van der Waals surface area contributed by atoms with Gasteiger partial charge in [0.1, 0.15) is 5.75 Å². The highest BCUT2D eigenvalue weighted by Crippen LogP contribution is 2.49. The molecule has 5 rings (SSSR count). The summed E-state index contributed by atoms with van der Waals surface area (Å²) < 4.78 is 6.41. The maximum absolute atomic E-state index is 13.1. The number of Topliss-reactive ketones (excluding diaryl/α,β-unsaturated/α-hetero) is 1. The minimum absolute atomic E-state index is 0.180. The highest BCUT2D eigenvalue weighted by Gasteiger charge is 2.35. The van der Waals surface area contributed by atoms with Crippen LogP contribution < -0.4 is 10.1 Å². The lowest BCUT2D eigenvalue weighted by Crippen LogP contribution is -2.27. The van der Waals surface area contributed by atoms with E-state index in [-0.39, 0.29) is 11.8 Å². The van der Waals surface area contributed by atoms with Crippen LogP contribution in [0.5, 0.6) is 5.75 Å². The van der Waals surface area contributed by atoms with Crippen molar-refractivity contribution in [3.8, 4) is 5.75 Å². The van der Waals surface area contributed by atoms with Crippen molar-refractivity contribution in [3.63, 3.8) is 0 Å². The van der Waals surface area contributed by atoms with Crippen molar-refractivity contribution in [2.75, 3.05) is 12.4 Å². The molecule has 1 N–H and O–H groups in total. The van der Waals surface area contributed by atoms with Crippen LogP contribution in [0.3, 0.4) is 0 Å². The van der Waals surface area contributed by atoms with E-state index in [2.05, 4.69) is 57.6 Å². The number of allylic oxidation sites excluding steroid dienone is 1. The van der Waals surface area contributed by atoms with Gasteiger partial charge in [-0.2, -0.15) is 0 Å². The molecule has 1 aliphatic carbocycles. The molecule has 28 heavy (non-hydrogen) atoms. The van der Waals surface area contributed by atoms with Crippen LogP contribution in [0.15, 0.2) is 64.6 Å². The average Bonchev–Trinajstić information content (AvgIpc) is 2.73. The number of hydrogen-bond acceptors (Lipinski definition) is 3. The topological polar surface area (TPSA) is 38.3 Å². The molecule has 3 aromatic carbocycles. The maximum Gasteiger partial charge on any atom is 0.161 e. The summed E-state index contributed by atoms with van der Waals surface area (Å²) in [6.07, 6.45) is 2.45. The Hall–Kier alpha value is -2.59. The van der Waals surface area contributed by atoms with Gasteiger partial charge in [-0.3, -0.25) is 4.79 Å². The number of fused-ring (bicyclic) bond motifs is 4. The number of carbonyl (C=O) groups is 1. The first-order valence-corrected chi connectivity index (χ1v) is 10.3. The minimum Gasteiger partial charge on any atom is -0.497 e. The monoisotopic (exact) mass is 433 g/mol. The molecule has 0 fully saturated rings. The third kappa shape index (κ3) is 2.67. The summed E-state index contributed by atoms with van der Waals surface area (Å²) in [5, 5.41) is 6.07. The van der Waals surface area contributed by atoms with Crippen molar-refractivity contribution in [2.45, 2.75) is 25.3 Å². The molecule has 0 bridgehead atoms. The third-order valence-electron chi connectivity index (χ3n) is 5.79. The predicted molar refractivity (Wildman–Crippen MR) is 117 cm³/mol. The van der Waals surface area contributed by atoms with Crippen LogP contribution in [0.4, 0.5) is 5.69 Å².